The summed E-state index contributed by atoms with van der Waals surface area (Å²) in [5.74, 6) is 1.49. The van der Waals surface area contributed by atoms with Gasteiger partial charge in [0, 0.05) is 58.1 Å². The average Bonchev–Trinajstić information content (AvgIpc) is 3.73. The van der Waals surface area contributed by atoms with Gasteiger partial charge in [-0.25, -0.2) is 9.97 Å². The van der Waals surface area contributed by atoms with Crippen LogP contribution < -0.4 is 4.74 Å². The number of hydrogen-bond acceptors (Lipinski definition) is 4. The van der Waals surface area contributed by atoms with Crippen LogP contribution in [0.4, 0.5) is 0 Å². The Kier molecular flexibility index (Phi) is 4.51. The molecule has 41 heavy (non-hydrogen) atoms. The van der Waals surface area contributed by atoms with Crippen molar-refractivity contribution in [1.29, 1.82) is 0 Å². The summed E-state index contributed by atoms with van der Waals surface area (Å²) in [7, 11) is 0. The first kappa shape index (κ1) is 22.1. The van der Waals surface area contributed by atoms with Crippen LogP contribution in [0.5, 0.6) is 11.5 Å². The van der Waals surface area contributed by atoms with Gasteiger partial charge in [-0.05, 0) is 59.5 Å². The molecule has 0 saturated carbocycles. The highest BCUT2D eigenvalue weighted by Gasteiger charge is 2.15. The summed E-state index contributed by atoms with van der Waals surface area (Å²) >= 11 is 0. The van der Waals surface area contributed by atoms with E-state index in [2.05, 4.69) is 85.5 Å². The summed E-state index contributed by atoms with van der Waals surface area (Å²) in [6.45, 7) is 0. The van der Waals surface area contributed by atoms with E-state index in [1.54, 1.807) is 0 Å². The molecule has 0 aliphatic rings. The van der Waals surface area contributed by atoms with E-state index in [4.69, 9.17) is 9.72 Å². The average molecular weight is 528 g/mol. The predicted octanol–water partition coefficient (Wildman–Crippen LogP) is 8.45. The maximum Gasteiger partial charge on any atom is 0.145 e. The molecule has 0 fully saturated rings. The van der Waals surface area contributed by atoms with Crippen LogP contribution in [0.3, 0.4) is 0 Å². The lowest BCUT2D eigenvalue weighted by atomic mass is 9.98. The SMILES string of the molecule is c1ccc(-c2cccc3c4ccc(Oc5ccc6c(c5)c5nccn5c5cccnc65)cc4c4nccn4c23)cc1. The summed E-state index contributed by atoms with van der Waals surface area (Å²) in [5.41, 5.74) is 7.25. The van der Waals surface area contributed by atoms with Gasteiger partial charge in [0.1, 0.15) is 22.8 Å². The van der Waals surface area contributed by atoms with Crippen LogP contribution in [-0.2, 0) is 0 Å². The van der Waals surface area contributed by atoms with E-state index in [0.29, 0.717) is 0 Å². The first-order valence-corrected chi connectivity index (χ1v) is 13.5. The van der Waals surface area contributed by atoms with Crippen molar-refractivity contribution >= 4 is 54.8 Å². The van der Waals surface area contributed by atoms with Gasteiger partial charge >= 0.3 is 0 Å². The Morgan fingerprint density at radius 2 is 1.24 bits per heavy atom. The lowest BCUT2D eigenvalue weighted by molar-refractivity contribution is 0.484. The fraction of sp³-hybridized carbons (Fsp3) is 0. The smallest absolute Gasteiger partial charge is 0.145 e. The van der Waals surface area contributed by atoms with Crippen molar-refractivity contribution < 1.29 is 4.74 Å². The molecule has 9 rings (SSSR count). The van der Waals surface area contributed by atoms with Gasteiger partial charge in [-0.2, -0.15) is 0 Å². The molecule has 5 aromatic heterocycles. The molecule has 0 atom stereocenters. The lowest BCUT2D eigenvalue weighted by Gasteiger charge is -2.14. The van der Waals surface area contributed by atoms with Gasteiger partial charge in [0.2, 0.25) is 0 Å². The molecule has 9 aromatic rings. The third kappa shape index (κ3) is 3.22. The van der Waals surface area contributed by atoms with E-state index in [0.717, 1.165) is 60.9 Å². The number of para-hydroxylation sites is 1. The molecule has 0 bridgehead atoms. The molecular weight excluding hydrogens is 506 g/mol. The first-order chi connectivity index (χ1) is 20.3. The van der Waals surface area contributed by atoms with E-state index in [1.165, 1.54) is 16.5 Å². The summed E-state index contributed by atoms with van der Waals surface area (Å²) in [5, 5.41) is 5.39. The van der Waals surface area contributed by atoms with Crippen LogP contribution >= 0.6 is 0 Å². The van der Waals surface area contributed by atoms with Crippen LogP contribution in [0.2, 0.25) is 0 Å². The number of rotatable bonds is 3. The molecule has 0 unspecified atom stereocenters. The van der Waals surface area contributed by atoms with Crippen molar-refractivity contribution in [2.45, 2.75) is 0 Å². The Hall–Kier alpha value is -5.75. The minimum absolute atomic E-state index is 0.739. The van der Waals surface area contributed by atoms with Crippen LogP contribution in [0.1, 0.15) is 0 Å². The van der Waals surface area contributed by atoms with Crippen LogP contribution in [0, 0.1) is 0 Å². The van der Waals surface area contributed by atoms with E-state index in [-0.39, 0.29) is 0 Å². The first-order valence-electron chi connectivity index (χ1n) is 13.5. The molecular formula is C35H21N5O. The number of fused-ring (bicyclic) bond motifs is 12. The zero-order chi connectivity index (χ0) is 26.9. The van der Waals surface area contributed by atoms with Crippen molar-refractivity contribution in [1.82, 2.24) is 23.8 Å². The number of aromatic nitrogens is 5. The molecule has 0 amide bonds. The number of hydrogen-bond donors (Lipinski definition) is 0. The molecule has 0 N–H and O–H groups in total. The number of benzene rings is 4. The van der Waals surface area contributed by atoms with Crippen LogP contribution in [0.25, 0.3) is 65.9 Å². The second-order valence-corrected chi connectivity index (χ2v) is 10.2. The highest BCUT2D eigenvalue weighted by atomic mass is 16.5. The van der Waals surface area contributed by atoms with E-state index in [1.807, 2.05) is 61.3 Å². The summed E-state index contributed by atoms with van der Waals surface area (Å²) < 4.78 is 10.7. The van der Waals surface area contributed by atoms with Gasteiger partial charge in [-0.1, -0.05) is 48.5 Å². The number of imidazole rings is 2. The van der Waals surface area contributed by atoms with Gasteiger partial charge in [-0.15, -0.1) is 0 Å². The maximum atomic E-state index is 6.47. The lowest BCUT2D eigenvalue weighted by Crippen LogP contribution is -1.94. The number of nitrogens with zero attached hydrogens (tertiary/aromatic N) is 5. The Morgan fingerprint density at radius 3 is 2.07 bits per heavy atom. The molecule has 4 aromatic carbocycles. The fourth-order valence-electron chi connectivity index (χ4n) is 6.17. The van der Waals surface area contributed by atoms with Crippen LogP contribution in [-0.4, -0.2) is 23.8 Å². The predicted molar refractivity (Wildman–Crippen MR) is 164 cm³/mol. The molecule has 5 heterocycles. The minimum atomic E-state index is 0.739. The largest absolute Gasteiger partial charge is 0.457 e. The van der Waals surface area contributed by atoms with E-state index < -0.39 is 0 Å². The van der Waals surface area contributed by atoms with Crippen molar-refractivity contribution in [2.24, 2.45) is 0 Å². The third-order valence-corrected chi connectivity index (χ3v) is 7.93. The molecule has 0 spiro atoms. The number of pyridine rings is 3. The van der Waals surface area contributed by atoms with Crippen molar-refractivity contribution in [3.05, 3.63) is 128 Å². The minimum Gasteiger partial charge on any atom is -0.457 e. The Bertz CT molecular complexity index is 2460. The molecule has 6 heteroatoms. The summed E-state index contributed by atoms with van der Waals surface area (Å²) in [4.78, 5) is 14.1. The second kappa shape index (κ2) is 8.37. The quantitative estimate of drug-likeness (QED) is 0.216. The van der Waals surface area contributed by atoms with Crippen molar-refractivity contribution in [2.75, 3.05) is 0 Å². The second-order valence-electron chi connectivity index (χ2n) is 10.2. The van der Waals surface area contributed by atoms with Crippen molar-refractivity contribution in [3.63, 3.8) is 0 Å². The van der Waals surface area contributed by atoms with Gasteiger partial charge in [0.05, 0.1) is 16.6 Å². The third-order valence-electron chi connectivity index (χ3n) is 7.93. The monoisotopic (exact) mass is 527 g/mol. The molecule has 0 radical (unpaired) electrons. The van der Waals surface area contributed by atoms with Crippen molar-refractivity contribution in [3.8, 4) is 22.6 Å². The molecule has 0 aliphatic heterocycles. The van der Waals surface area contributed by atoms with Gasteiger partial charge in [0.15, 0.2) is 0 Å². The van der Waals surface area contributed by atoms with Gasteiger partial charge in [0.25, 0.3) is 0 Å². The van der Waals surface area contributed by atoms with Gasteiger partial charge in [-0.3, -0.25) is 13.8 Å². The Balaban J connectivity index is 1.21. The molecule has 0 aliphatic carbocycles. The molecule has 192 valence electrons. The topological polar surface area (TPSA) is 56.7 Å². The van der Waals surface area contributed by atoms with Gasteiger partial charge < -0.3 is 4.74 Å². The zero-order valence-corrected chi connectivity index (χ0v) is 21.8. The fourth-order valence-corrected chi connectivity index (χ4v) is 6.17. The molecule has 0 saturated heterocycles. The maximum absolute atomic E-state index is 6.47. The summed E-state index contributed by atoms with van der Waals surface area (Å²) in [6, 6.07) is 33.4. The van der Waals surface area contributed by atoms with E-state index in [9.17, 15) is 0 Å². The van der Waals surface area contributed by atoms with E-state index >= 15 is 0 Å². The zero-order valence-electron chi connectivity index (χ0n) is 21.8. The highest BCUT2D eigenvalue weighted by molar-refractivity contribution is 6.15. The Morgan fingerprint density at radius 1 is 0.512 bits per heavy atom. The Labute approximate surface area is 233 Å². The van der Waals surface area contributed by atoms with Crippen LogP contribution in [0.15, 0.2) is 128 Å². The normalized spacial score (nSPS) is 11.9. The number of ether oxygens (including phenoxy) is 1. The molecule has 6 nitrogen and oxygen atoms in total. The standard InChI is InChI=1S/C35H21N5O/c1-2-6-22(7-3-1)25-8-4-9-28-26-13-11-23(20-29(26)35-38-17-19-40(35)33(25)28)41-24-12-14-27-30(21-24)34-37-16-18-39(34)31-10-5-15-36-32(27)31/h1-21H. The highest BCUT2D eigenvalue weighted by Crippen LogP contribution is 2.38. The summed E-state index contributed by atoms with van der Waals surface area (Å²) in [6.07, 6.45) is 9.52.